The monoisotopic (exact) mass is 532 g/mol. The van der Waals surface area contributed by atoms with Gasteiger partial charge in [0.1, 0.15) is 11.6 Å². The molecule has 0 saturated carbocycles. The number of anilines is 2. The Labute approximate surface area is 221 Å². The molecule has 4 aromatic rings. The van der Waals surface area contributed by atoms with Gasteiger partial charge in [-0.25, -0.2) is 8.78 Å². The molecule has 0 amide bonds. The van der Waals surface area contributed by atoms with E-state index in [-0.39, 0.29) is 11.6 Å². The third kappa shape index (κ3) is 4.97. The maximum atomic E-state index is 13.6. The van der Waals surface area contributed by atoms with E-state index in [4.69, 9.17) is 9.05 Å². The van der Waals surface area contributed by atoms with Crippen LogP contribution < -0.4 is 9.80 Å². The summed E-state index contributed by atoms with van der Waals surface area (Å²) >= 11 is 0. The van der Waals surface area contributed by atoms with Crippen molar-refractivity contribution in [3.63, 3.8) is 0 Å². The Morgan fingerprint density at radius 1 is 0.605 bits per heavy atom. The fraction of sp³-hybridized carbons (Fsp3) is 0.200. The van der Waals surface area contributed by atoms with Gasteiger partial charge in [0, 0.05) is 35.6 Å². The Hall–Kier alpha value is -3.51. The molecule has 0 aliphatic carbocycles. The molecule has 2 atom stereocenters. The zero-order valence-corrected chi connectivity index (χ0v) is 21.6. The average molecular weight is 533 g/mol. The summed E-state index contributed by atoms with van der Waals surface area (Å²) in [6, 6.07) is 28.2. The molecule has 0 aromatic heterocycles. The van der Waals surface area contributed by atoms with Crippen molar-refractivity contribution >= 4 is 19.6 Å². The van der Waals surface area contributed by atoms with Gasteiger partial charge in [0.05, 0.1) is 0 Å². The molecule has 0 radical (unpaired) electrons. The Bertz CT molecular complexity index is 1340. The summed E-state index contributed by atoms with van der Waals surface area (Å²) < 4.78 is 53.3. The quantitative estimate of drug-likeness (QED) is 0.246. The highest BCUT2D eigenvalue weighted by Gasteiger charge is 2.34. The summed E-state index contributed by atoms with van der Waals surface area (Å²) in [6.07, 6.45) is 0.248. The topological polar surface area (TPSA) is 42.0 Å². The summed E-state index contributed by atoms with van der Waals surface area (Å²) in [5.41, 5.74) is 5.59. The fourth-order valence-corrected chi connectivity index (χ4v) is 6.24. The Kier molecular flexibility index (Phi) is 6.98. The summed E-state index contributed by atoms with van der Waals surface area (Å²) in [7, 11) is -3.05. The summed E-state index contributed by atoms with van der Waals surface area (Å²) in [5, 5.41) is 0. The minimum absolute atomic E-state index is 0.322. The van der Waals surface area contributed by atoms with Crippen molar-refractivity contribution in [2.24, 2.45) is 0 Å². The van der Waals surface area contributed by atoms with E-state index in [1.54, 1.807) is 24.3 Å². The lowest BCUT2D eigenvalue weighted by Gasteiger charge is -2.40. The third-order valence-electron chi connectivity index (χ3n) is 7.18. The highest BCUT2D eigenvalue weighted by atomic mass is 31.1. The van der Waals surface area contributed by atoms with E-state index in [9.17, 15) is 13.3 Å². The van der Waals surface area contributed by atoms with E-state index in [0.29, 0.717) is 13.1 Å². The van der Waals surface area contributed by atoms with Crippen molar-refractivity contribution in [3.05, 3.63) is 131 Å². The van der Waals surface area contributed by atoms with Crippen LogP contribution in [0.2, 0.25) is 0 Å². The van der Waals surface area contributed by atoms with Gasteiger partial charge in [-0.15, -0.1) is 0 Å². The molecule has 2 aliphatic rings. The highest BCUT2D eigenvalue weighted by molar-refractivity contribution is 7.33. The van der Waals surface area contributed by atoms with Crippen molar-refractivity contribution < 1.29 is 22.4 Å². The van der Waals surface area contributed by atoms with Gasteiger partial charge < -0.3 is 9.80 Å². The molecular formula is C30H27F2N2O3P. The maximum absolute atomic E-state index is 13.6. The second-order valence-electron chi connectivity index (χ2n) is 9.43. The maximum Gasteiger partial charge on any atom is 0.323 e. The minimum Gasteiger partial charge on any atom is -0.342 e. The van der Waals surface area contributed by atoms with Crippen LogP contribution in [0.1, 0.15) is 34.7 Å². The molecule has 0 fully saturated rings. The molecule has 2 heterocycles. The molecule has 2 aliphatic heterocycles. The van der Waals surface area contributed by atoms with Crippen molar-refractivity contribution in [3.8, 4) is 0 Å². The first kappa shape index (κ1) is 24.8. The summed E-state index contributed by atoms with van der Waals surface area (Å²) in [4.78, 5) is 3.97. The van der Waals surface area contributed by atoms with Crippen LogP contribution in [0.25, 0.3) is 0 Å². The SMILES string of the molecule is O=[PH](O[C@H]1c2ccccc2CCN1c1ccc(F)cc1)O[C@H]1c2ccccc2CCN1c1ccc(F)cc1. The summed E-state index contributed by atoms with van der Waals surface area (Å²) in [6.45, 7) is 1.24. The molecule has 38 heavy (non-hydrogen) atoms. The molecule has 5 nitrogen and oxygen atoms in total. The van der Waals surface area contributed by atoms with Gasteiger partial charge in [-0.3, -0.25) is 13.6 Å². The van der Waals surface area contributed by atoms with E-state index < -0.39 is 20.7 Å². The molecule has 0 saturated heterocycles. The van der Waals surface area contributed by atoms with E-state index in [2.05, 4.69) is 0 Å². The second-order valence-corrected chi connectivity index (χ2v) is 10.4. The summed E-state index contributed by atoms with van der Waals surface area (Å²) in [5.74, 6) is -0.644. The van der Waals surface area contributed by atoms with Crippen molar-refractivity contribution in [2.45, 2.75) is 25.3 Å². The molecule has 0 bridgehead atoms. The Morgan fingerprint density at radius 2 is 1.00 bits per heavy atom. The molecule has 4 aromatic carbocycles. The van der Waals surface area contributed by atoms with Crippen LogP contribution in [0, 0.1) is 11.6 Å². The standard InChI is InChI=1S/C30H27F2N2O3P/c31-23-9-13-25(14-10-23)33-19-17-21-5-1-3-7-27(21)29(33)36-38(35)37-30-28-8-4-2-6-22(28)18-20-34(30)26-15-11-24(32)12-16-26/h1-16,29-30,38H,17-20H2/t29-,30-/m0/s1. The normalized spacial score (nSPS) is 18.8. The van der Waals surface area contributed by atoms with E-state index in [1.165, 1.54) is 24.3 Å². The predicted octanol–water partition coefficient (Wildman–Crippen LogP) is 7.21. The minimum atomic E-state index is -3.05. The lowest BCUT2D eigenvalue weighted by molar-refractivity contribution is 0.119. The Balaban J connectivity index is 1.31. The van der Waals surface area contributed by atoms with Gasteiger partial charge in [0.15, 0.2) is 12.5 Å². The molecule has 6 rings (SSSR count). The third-order valence-corrected chi connectivity index (χ3v) is 8.02. The molecule has 0 N–H and O–H groups in total. The van der Waals surface area contributed by atoms with Crippen molar-refractivity contribution in [2.75, 3.05) is 22.9 Å². The number of hydrogen-bond donors (Lipinski definition) is 0. The van der Waals surface area contributed by atoms with Crippen LogP contribution in [0.4, 0.5) is 20.2 Å². The molecular weight excluding hydrogens is 505 g/mol. The highest BCUT2D eigenvalue weighted by Crippen LogP contribution is 2.46. The van der Waals surface area contributed by atoms with Crippen LogP contribution in [0.5, 0.6) is 0 Å². The van der Waals surface area contributed by atoms with E-state index in [1.807, 2.05) is 58.3 Å². The first-order valence-electron chi connectivity index (χ1n) is 12.6. The van der Waals surface area contributed by atoms with Crippen LogP contribution in [-0.2, 0) is 26.5 Å². The molecule has 0 unspecified atom stereocenters. The first-order valence-corrected chi connectivity index (χ1v) is 13.9. The van der Waals surface area contributed by atoms with Crippen LogP contribution >= 0.6 is 8.25 Å². The van der Waals surface area contributed by atoms with E-state index in [0.717, 1.165) is 46.5 Å². The molecule has 0 spiro atoms. The molecule has 8 heteroatoms. The zero-order chi connectivity index (χ0) is 26.1. The number of halogens is 2. The number of nitrogens with zero attached hydrogens (tertiary/aromatic N) is 2. The predicted molar refractivity (Wildman–Crippen MR) is 144 cm³/mol. The van der Waals surface area contributed by atoms with Gasteiger partial charge in [-0.1, -0.05) is 48.5 Å². The van der Waals surface area contributed by atoms with E-state index >= 15 is 0 Å². The van der Waals surface area contributed by atoms with Gasteiger partial charge in [-0.2, -0.15) is 0 Å². The van der Waals surface area contributed by atoms with Crippen LogP contribution in [0.15, 0.2) is 97.1 Å². The smallest absolute Gasteiger partial charge is 0.323 e. The fourth-order valence-electron chi connectivity index (χ4n) is 5.32. The molecule has 194 valence electrons. The van der Waals surface area contributed by atoms with Crippen molar-refractivity contribution in [1.29, 1.82) is 0 Å². The first-order chi connectivity index (χ1) is 18.6. The number of benzene rings is 4. The zero-order valence-electron chi connectivity index (χ0n) is 20.6. The lowest BCUT2D eigenvalue weighted by Crippen LogP contribution is -2.37. The number of fused-ring (bicyclic) bond motifs is 2. The lowest BCUT2D eigenvalue weighted by atomic mass is 9.98. The van der Waals surface area contributed by atoms with Gasteiger partial charge in [0.25, 0.3) is 0 Å². The number of rotatable bonds is 6. The number of hydrogen-bond acceptors (Lipinski definition) is 5. The second kappa shape index (κ2) is 10.7. The van der Waals surface area contributed by atoms with Gasteiger partial charge in [0.2, 0.25) is 0 Å². The largest absolute Gasteiger partial charge is 0.342 e. The van der Waals surface area contributed by atoms with Gasteiger partial charge in [-0.05, 0) is 72.5 Å². The Morgan fingerprint density at radius 3 is 1.42 bits per heavy atom. The van der Waals surface area contributed by atoms with Gasteiger partial charge >= 0.3 is 8.25 Å². The van der Waals surface area contributed by atoms with Crippen molar-refractivity contribution in [1.82, 2.24) is 0 Å². The van der Waals surface area contributed by atoms with Crippen LogP contribution in [-0.4, -0.2) is 13.1 Å². The average Bonchev–Trinajstić information content (AvgIpc) is 2.94. The van der Waals surface area contributed by atoms with Crippen LogP contribution in [0.3, 0.4) is 0 Å².